The molecular weight excluding hydrogens is 302 g/mol. The number of ether oxygens (including phenoxy) is 1. The van der Waals surface area contributed by atoms with Gasteiger partial charge in [-0.2, -0.15) is 0 Å². The smallest absolute Gasteiger partial charge is 0.257 e. The summed E-state index contributed by atoms with van der Waals surface area (Å²) in [5.41, 5.74) is 0. The van der Waals surface area contributed by atoms with E-state index in [2.05, 4.69) is 30.7 Å². The Morgan fingerprint density at radius 2 is 2.21 bits per heavy atom. The summed E-state index contributed by atoms with van der Waals surface area (Å²) in [4.78, 5) is 13.2. The first-order chi connectivity index (χ1) is 6.59. The van der Waals surface area contributed by atoms with Gasteiger partial charge in [0.15, 0.2) is 6.10 Å². The van der Waals surface area contributed by atoms with E-state index in [-0.39, 0.29) is 5.91 Å². The van der Waals surface area contributed by atoms with Crippen molar-refractivity contribution in [3.8, 4) is 0 Å². The van der Waals surface area contributed by atoms with Crippen molar-refractivity contribution >= 4 is 28.8 Å². The molecule has 0 aliphatic carbocycles. The second-order valence-electron chi connectivity index (χ2n) is 3.66. The third-order valence-electron chi connectivity index (χ3n) is 2.54. The molecule has 0 spiro atoms. The summed E-state index contributed by atoms with van der Waals surface area (Å²) in [5, 5.41) is 0. The number of hydrogen-bond acceptors (Lipinski definition) is 3. The lowest BCUT2D eigenvalue weighted by Crippen LogP contribution is -2.51. The third kappa shape index (κ3) is 2.01. The van der Waals surface area contributed by atoms with E-state index in [1.54, 1.807) is 4.90 Å². The number of nitrogens with zero attached hydrogens (tertiary/aromatic N) is 2. The van der Waals surface area contributed by atoms with Crippen LogP contribution in [0.1, 0.15) is 6.92 Å². The first-order valence-electron chi connectivity index (χ1n) is 4.60. The molecule has 1 amide bonds. The van der Waals surface area contributed by atoms with Crippen LogP contribution >= 0.6 is 22.9 Å². The van der Waals surface area contributed by atoms with Gasteiger partial charge in [-0.05, 0) is 6.92 Å². The molecule has 3 unspecified atom stereocenters. The molecule has 3 atom stereocenters. The minimum Gasteiger partial charge on any atom is -0.337 e. The highest BCUT2D eigenvalue weighted by Gasteiger charge is 2.48. The molecule has 0 saturated carbocycles. The van der Waals surface area contributed by atoms with Crippen LogP contribution in [0, 0.1) is 0 Å². The van der Waals surface area contributed by atoms with E-state index in [1.165, 1.54) is 0 Å². The van der Waals surface area contributed by atoms with E-state index in [4.69, 9.17) is 0 Å². The van der Waals surface area contributed by atoms with Gasteiger partial charge in [0.05, 0.1) is 0 Å². The van der Waals surface area contributed by atoms with Crippen LogP contribution in [0.25, 0.3) is 0 Å². The van der Waals surface area contributed by atoms with Gasteiger partial charge in [-0.15, -0.1) is 0 Å². The number of amides is 1. The van der Waals surface area contributed by atoms with E-state index in [0.717, 1.165) is 6.54 Å². The van der Waals surface area contributed by atoms with Crippen LogP contribution in [-0.4, -0.2) is 52.1 Å². The van der Waals surface area contributed by atoms with Crippen molar-refractivity contribution in [2.45, 2.75) is 25.4 Å². The van der Waals surface area contributed by atoms with Crippen LogP contribution in [0.4, 0.5) is 4.39 Å². The van der Waals surface area contributed by atoms with Gasteiger partial charge in [-0.25, -0.2) is 7.50 Å². The summed E-state index contributed by atoms with van der Waals surface area (Å²) in [6.07, 6.45) is -2.18. The molecule has 0 N–H and O–H groups in total. The molecule has 2 aliphatic heterocycles. The van der Waals surface area contributed by atoms with E-state index in [0.29, 0.717) is 19.1 Å². The van der Waals surface area contributed by atoms with Gasteiger partial charge in [-0.3, -0.25) is 4.79 Å². The molecule has 2 heterocycles. The number of carbonyl (C=O) groups excluding carboxylic acids is 1. The highest BCUT2D eigenvalue weighted by atomic mass is 127. The summed E-state index contributed by atoms with van der Waals surface area (Å²) >= 11 is 2.24. The maximum atomic E-state index is 12.5. The van der Waals surface area contributed by atoms with Crippen LogP contribution < -0.4 is 0 Å². The van der Waals surface area contributed by atoms with Crippen LogP contribution in [-0.2, 0) is 9.53 Å². The number of carbonyl (C=O) groups is 1. The van der Waals surface area contributed by atoms with E-state index < -0.39 is 12.5 Å². The fourth-order valence-electron chi connectivity index (χ4n) is 1.58. The van der Waals surface area contributed by atoms with Crippen molar-refractivity contribution in [2.75, 3.05) is 19.6 Å². The number of alkyl halides is 1. The van der Waals surface area contributed by atoms with Gasteiger partial charge in [0.25, 0.3) is 5.91 Å². The SMILES string of the molecule is CC1CN(C(=O)C2OC2F)CCN1I. The maximum Gasteiger partial charge on any atom is 0.257 e. The van der Waals surface area contributed by atoms with Crippen LogP contribution in [0.2, 0.25) is 0 Å². The molecule has 0 radical (unpaired) electrons. The Labute approximate surface area is 95.9 Å². The van der Waals surface area contributed by atoms with Gasteiger partial charge in [-0.1, -0.05) is 0 Å². The maximum absolute atomic E-state index is 12.5. The molecule has 2 aliphatic rings. The monoisotopic (exact) mass is 314 g/mol. The first-order valence-corrected chi connectivity index (χ1v) is 5.57. The molecule has 14 heavy (non-hydrogen) atoms. The zero-order valence-electron chi connectivity index (χ0n) is 7.82. The quantitative estimate of drug-likeness (QED) is 0.403. The molecule has 6 heteroatoms. The number of halogens is 2. The molecule has 4 nitrogen and oxygen atoms in total. The van der Waals surface area contributed by atoms with Crippen LogP contribution in [0.5, 0.6) is 0 Å². The lowest BCUT2D eigenvalue weighted by molar-refractivity contribution is -0.134. The molecule has 0 bridgehead atoms. The molecule has 2 fully saturated rings. The lowest BCUT2D eigenvalue weighted by atomic mass is 10.2. The Kier molecular flexibility index (Phi) is 2.94. The minimum atomic E-state index is -1.37. The molecule has 2 saturated heterocycles. The summed E-state index contributed by atoms with van der Waals surface area (Å²) in [6.45, 7) is 4.21. The highest BCUT2D eigenvalue weighted by Crippen LogP contribution is 2.26. The lowest BCUT2D eigenvalue weighted by Gasteiger charge is -2.35. The second kappa shape index (κ2) is 3.90. The van der Waals surface area contributed by atoms with Crippen LogP contribution in [0.3, 0.4) is 0 Å². The molecule has 2 rings (SSSR count). The number of piperazine rings is 1. The Bertz CT molecular complexity index is 253. The van der Waals surface area contributed by atoms with E-state index in [9.17, 15) is 9.18 Å². The minimum absolute atomic E-state index is 0.200. The molecular formula is C8H12FIN2O2. The van der Waals surface area contributed by atoms with Gasteiger partial charge in [0.2, 0.25) is 6.36 Å². The molecule has 0 aromatic carbocycles. The Morgan fingerprint density at radius 1 is 1.57 bits per heavy atom. The number of epoxide rings is 1. The summed E-state index contributed by atoms with van der Waals surface area (Å²) in [7, 11) is 0. The fourth-order valence-corrected chi connectivity index (χ4v) is 1.97. The Hall–Kier alpha value is 0.0500. The zero-order chi connectivity index (χ0) is 10.3. The molecule has 0 aromatic rings. The molecule has 80 valence electrons. The largest absolute Gasteiger partial charge is 0.337 e. The third-order valence-corrected chi connectivity index (χ3v) is 3.97. The van der Waals surface area contributed by atoms with E-state index in [1.807, 2.05) is 6.92 Å². The van der Waals surface area contributed by atoms with Crippen molar-refractivity contribution in [3.63, 3.8) is 0 Å². The van der Waals surface area contributed by atoms with Crippen molar-refractivity contribution < 1.29 is 13.9 Å². The van der Waals surface area contributed by atoms with Crippen molar-refractivity contribution in [1.82, 2.24) is 8.01 Å². The van der Waals surface area contributed by atoms with Gasteiger partial charge in [0, 0.05) is 48.5 Å². The zero-order valence-corrected chi connectivity index (χ0v) is 9.98. The summed E-state index contributed by atoms with van der Waals surface area (Å²) in [5.74, 6) is -0.200. The molecule has 0 aromatic heterocycles. The fraction of sp³-hybridized carbons (Fsp3) is 0.875. The van der Waals surface area contributed by atoms with Crippen molar-refractivity contribution in [1.29, 1.82) is 0 Å². The Morgan fingerprint density at radius 3 is 2.71 bits per heavy atom. The summed E-state index contributed by atoms with van der Waals surface area (Å²) in [6, 6.07) is 0.324. The number of hydrogen-bond donors (Lipinski definition) is 0. The predicted molar refractivity (Wildman–Crippen MR) is 56.5 cm³/mol. The van der Waals surface area contributed by atoms with Crippen LogP contribution in [0.15, 0.2) is 0 Å². The van der Waals surface area contributed by atoms with Gasteiger partial charge >= 0.3 is 0 Å². The topological polar surface area (TPSA) is 36.1 Å². The van der Waals surface area contributed by atoms with Gasteiger partial charge < -0.3 is 9.64 Å². The normalized spacial score (nSPS) is 38.5. The van der Waals surface area contributed by atoms with Gasteiger partial charge in [0.1, 0.15) is 0 Å². The van der Waals surface area contributed by atoms with Crippen molar-refractivity contribution in [3.05, 3.63) is 0 Å². The average Bonchev–Trinajstić information content (AvgIpc) is 2.86. The standard InChI is InChI=1S/C8H12FIN2O2/c1-5-4-11(2-3-12(5)10)8(13)6-7(9)14-6/h5-7H,2-4H2,1H3. The summed E-state index contributed by atoms with van der Waals surface area (Å²) < 4.78 is 19.1. The first kappa shape index (κ1) is 10.6. The Balaban J connectivity index is 1.90. The average molecular weight is 314 g/mol. The van der Waals surface area contributed by atoms with E-state index >= 15 is 0 Å². The predicted octanol–water partition coefficient (Wildman–Crippen LogP) is 0.563. The second-order valence-corrected chi connectivity index (χ2v) is 4.90. The highest BCUT2D eigenvalue weighted by molar-refractivity contribution is 14.1. The van der Waals surface area contributed by atoms with Crippen molar-refractivity contribution in [2.24, 2.45) is 0 Å². The number of rotatable bonds is 1.